The molecule has 0 fully saturated rings. The molecule has 8 heteroatoms. The summed E-state index contributed by atoms with van der Waals surface area (Å²) in [4.78, 5) is 40.8. The van der Waals surface area contributed by atoms with Crippen LogP contribution in [-0.4, -0.2) is 30.1 Å². The standard InChI is InChI=1S/C28H32N4O4/c1-19-9-8-10-22(17-19)31-27(35)30-18-24(33)32(23-11-6-5-7-12-23)25(26(34)36-28(2,3)4)20-13-15-21(29)16-14-20/h5-17,25H,18,29H2,1-4H3,(H2,30,31,35). The van der Waals surface area contributed by atoms with Crippen LogP contribution < -0.4 is 21.3 Å². The van der Waals surface area contributed by atoms with Gasteiger partial charge in [-0.05, 0) is 75.2 Å². The zero-order valence-electron chi connectivity index (χ0n) is 20.9. The summed E-state index contributed by atoms with van der Waals surface area (Å²) in [6.45, 7) is 6.85. The van der Waals surface area contributed by atoms with Gasteiger partial charge in [0.15, 0.2) is 6.04 Å². The predicted molar refractivity (Wildman–Crippen MR) is 142 cm³/mol. The van der Waals surface area contributed by atoms with Crippen molar-refractivity contribution in [1.29, 1.82) is 0 Å². The molecular weight excluding hydrogens is 456 g/mol. The number of nitrogens with one attached hydrogen (secondary N) is 2. The summed E-state index contributed by atoms with van der Waals surface area (Å²) >= 11 is 0. The van der Waals surface area contributed by atoms with E-state index in [0.717, 1.165) is 5.56 Å². The molecule has 3 aromatic rings. The Morgan fingerprint density at radius 3 is 2.22 bits per heavy atom. The highest BCUT2D eigenvalue weighted by atomic mass is 16.6. The largest absolute Gasteiger partial charge is 0.458 e. The summed E-state index contributed by atoms with van der Waals surface area (Å²) in [6.07, 6.45) is 0. The summed E-state index contributed by atoms with van der Waals surface area (Å²) in [7, 11) is 0. The molecular formula is C28H32N4O4. The topological polar surface area (TPSA) is 114 Å². The number of hydrogen-bond donors (Lipinski definition) is 3. The number of amides is 3. The Kier molecular flexibility index (Phi) is 8.32. The number of ether oxygens (including phenoxy) is 1. The lowest BCUT2D eigenvalue weighted by molar-refractivity contribution is -0.157. The van der Waals surface area contributed by atoms with Gasteiger partial charge in [-0.2, -0.15) is 0 Å². The molecule has 36 heavy (non-hydrogen) atoms. The Bertz CT molecular complexity index is 1200. The van der Waals surface area contributed by atoms with Crippen molar-refractivity contribution in [2.75, 3.05) is 22.5 Å². The molecule has 3 rings (SSSR count). The van der Waals surface area contributed by atoms with E-state index in [2.05, 4.69) is 10.6 Å². The molecule has 3 amide bonds. The zero-order valence-corrected chi connectivity index (χ0v) is 20.9. The number of esters is 1. The maximum Gasteiger partial charge on any atom is 0.334 e. The molecule has 0 radical (unpaired) electrons. The van der Waals surface area contributed by atoms with Crippen LogP contribution in [0, 0.1) is 6.92 Å². The van der Waals surface area contributed by atoms with E-state index in [1.165, 1.54) is 4.90 Å². The number of para-hydroxylation sites is 1. The molecule has 0 aliphatic heterocycles. The minimum Gasteiger partial charge on any atom is -0.458 e. The molecule has 3 aromatic carbocycles. The number of carbonyl (C=O) groups excluding carboxylic acids is 3. The fourth-order valence-corrected chi connectivity index (χ4v) is 3.59. The van der Waals surface area contributed by atoms with Crippen LogP contribution in [0.4, 0.5) is 21.9 Å². The second kappa shape index (κ2) is 11.4. The van der Waals surface area contributed by atoms with Gasteiger partial charge in [-0.25, -0.2) is 9.59 Å². The van der Waals surface area contributed by atoms with Gasteiger partial charge in [-0.1, -0.05) is 42.5 Å². The normalized spacial score (nSPS) is 11.8. The van der Waals surface area contributed by atoms with Gasteiger partial charge in [-0.3, -0.25) is 9.69 Å². The van der Waals surface area contributed by atoms with E-state index in [1.807, 2.05) is 31.2 Å². The van der Waals surface area contributed by atoms with E-state index >= 15 is 0 Å². The molecule has 0 saturated heterocycles. The first-order chi connectivity index (χ1) is 17.0. The Hall–Kier alpha value is -4.33. The molecule has 0 aliphatic rings. The van der Waals surface area contributed by atoms with Crippen molar-refractivity contribution >= 4 is 35.0 Å². The van der Waals surface area contributed by atoms with Gasteiger partial charge < -0.3 is 21.1 Å². The quantitative estimate of drug-likeness (QED) is 0.326. The lowest BCUT2D eigenvalue weighted by Crippen LogP contribution is -2.46. The van der Waals surface area contributed by atoms with Gasteiger partial charge >= 0.3 is 12.0 Å². The third-order valence-electron chi connectivity index (χ3n) is 5.12. The summed E-state index contributed by atoms with van der Waals surface area (Å²) < 4.78 is 5.69. The van der Waals surface area contributed by atoms with Crippen molar-refractivity contribution in [1.82, 2.24) is 5.32 Å². The molecule has 0 bridgehead atoms. The number of hydrogen-bond acceptors (Lipinski definition) is 5. The Morgan fingerprint density at radius 2 is 1.61 bits per heavy atom. The van der Waals surface area contributed by atoms with Crippen LogP contribution in [0.3, 0.4) is 0 Å². The van der Waals surface area contributed by atoms with E-state index in [9.17, 15) is 14.4 Å². The highest BCUT2D eigenvalue weighted by Crippen LogP contribution is 2.30. The van der Waals surface area contributed by atoms with E-state index in [4.69, 9.17) is 10.5 Å². The minimum absolute atomic E-state index is 0.346. The van der Waals surface area contributed by atoms with Crippen molar-refractivity contribution < 1.29 is 19.1 Å². The number of carbonyl (C=O) groups is 3. The van der Waals surface area contributed by atoms with Gasteiger partial charge in [0.05, 0.1) is 6.54 Å². The van der Waals surface area contributed by atoms with E-state index in [0.29, 0.717) is 22.6 Å². The number of nitrogen functional groups attached to an aromatic ring is 1. The number of urea groups is 1. The van der Waals surface area contributed by atoms with Gasteiger partial charge in [0.2, 0.25) is 5.91 Å². The molecule has 0 saturated carbocycles. The number of anilines is 3. The van der Waals surface area contributed by atoms with Gasteiger partial charge in [0.25, 0.3) is 0 Å². The van der Waals surface area contributed by atoms with Crippen LogP contribution in [0.1, 0.15) is 37.9 Å². The average molecular weight is 489 g/mol. The van der Waals surface area contributed by atoms with Gasteiger partial charge in [-0.15, -0.1) is 0 Å². The summed E-state index contributed by atoms with van der Waals surface area (Å²) in [5.74, 6) is -1.10. The number of nitrogens with zero attached hydrogens (tertiary/aromatic N) is 1. The monoisotopic (exact) mass is 488 g/mol. The molecule has 0 spiro atoms. The summed E-state index contributed by atoms with van der Waals surface area (Å²) in [6, 6.07) is 21.2. The molecule has 188 valence electrons. The average Bonchev–Trinajstić information content (AvgIpc) is 2.81. The van der Waals surface area contributed by atoms with E-state index in [1.54, 1.807) is 75.4 Å². The molecule has 4 N–H and O–H groups in total. The predicted octanol–water partition coefficient (Wildman–Crippen LogP) is 4.81. The maximum atomic E-state index is 13.6. The first-order valence-electron chi connectivity index (χ1n) is 11.6. The Morgan fingerprint density at radius 1 is 0.944 bits per heavy atom. The van der Waals surface area contributed by atoms with Crippen molar-refractivity contribution in [2.24, 2.45) is 0 Å². The lowest BCUT2D eigenvalue weighted by Gasteiger charge is -2.33. The second-order valence-corrected chi connectivity index (χ2v) is 9.38. The highest BCUT2D eigenvalue weighted by molar-refractivity contribution is 6.03. The molecule has 0 heterocycles. The zero-order chi connectivity index (χ0) is 26.3. The number of benzene rings is 3. The summed E-state index contributed by atoms with van der Waals surface area (Å²) in [5, 5.41) is 5.30. The van der Waals surface area contributed by atoms with Crippen LogP contribution in [0.2, 0.25) is 0 Å². The minimum atomic E-state index is -1.10. The van der Waals surface area contributed by atoms with Crippen LogP contribution in [0.5, 0.6) is 0 Å². The van der Waals surface area contributed by atoms with Crippen molar-refractivity contribution in [3.05, 3.63) is 90.0 Å². The van der Waals surface area contributed by atoms with Crippen molar-refractivity contribution in [3.63, 3.8) is 0 Å². The van der Waals surface area contributed by atoms with Gasteiger partial charge in [0.1, 0.15) is 5.60 Å². The summed E-state index contributed by atoms with van der Waals surface area (Å²) in [5.41, 5.74) is 8.20. The Balaban J connectivity index is 1.90. The van der Waals surface area contributed by atoms with Crippen LogP contribution >= 0.6 is 0 Å². The first-order valence-corrected chi connectivity index (χ1v) is 11.6. The van der Waals surface area contributed by atoms with Gasteiger partial charge in [0, 0.05) is 17.1 Å². The van der Waals surface area contributed by atoms with E-state index < -0.39 is 29.6 Å². The number of nitrogens with two attached hydrogens (primary N) is 1. The molecule has 1 unspecified atom stereocenters. The highest BCUT2D eigenvalue weighted by Gasteiger charge is 2.36. The third-order valence-corrected chi connectivity index (χ3v) is 5.12. The molecule has 1 atom stereocenters. The fraction of sp³-hybridized carbons (Fsp3) is 0.250. The SMILES string of the molecule is Cc1cccc(NC(=O)NCC(=O)N(c2ccccc2)C(C(=O)OC(C)(C)C)c2ccc(N)cc2)c1. The van der Waals surface area contributed by atoms with Crippen molar-refractivity contribution in [2.45, 2.75) is 39.3 Å². The number of rotatable bonds is 7. The molecule has 0 aromatic heterocycles. The number of aryl methyl sites for hydroxylation is 1. The Labute approximate surface area is 211 Å². The third kappa shape index (κ3) is 7.33. The maximum absolute atomic E-state index is 13.6. The van der Waals surface area contributed by atoms with Crippen LogP contribution in [0.15, 0.2) is 78.9 Å². The van der Waals surface area contributed by atoms with Crippen LogP contribution in [-0.2, 0) is 14.3 Å². The first kappa shape index (κ1) is 26.3. The second-order valence-electron chi connectivity index (χ2n) is 9.38. The lowest BCUT2D eigenvalue weighted by atomic mass is 10.0. The molecule has 8 nitrogen and oxygen atoms in total. The fourth-order valence-electron chi connectivity index (χ4n) is 3.59. The smallest absolute Gasteiger partial charge is 0.334 e. The van der Waals surface area contributed by atoms with Crippen LogP contribution in [0.25, 0.3) is 0 Å². The van der Waals surface area contributed by atoms with E-state index in [-0.39, 0.29) is 6.54 Å². The molecule has 0 aliphatic carbocycles. The van der Waals surface area contributed by atoms with Crippen molar-refractivity contribution in [3.8, 4) is 0 Å².